The van der Waals surface area contributed by atoms with E-state index in [1.807, 2.05) is 18.2 Å². The predicted octanol–water partition coefficient (Wildman–Crippen LogP) is 3.36. The Morgan fingerprint density at radius 2 is 2.39 bits per heavy atom. The number of hydrogen-bond donors (Lipinski definition) is 1. The van der Waals surface area contributed by atoms with Crippen molar-refractivity contribution in [2.24, 2.45) is 5.92 Å². The van der Waals surface area contributed by atoms with Gasteiger partial charge in [-0.15, -0.1) is 0 Å². The Bertz CT molecular complexity index is 587. The van der Waals surface area contributed by atoms with Crippen LogP contribution in [0.1, 0.15) is 32.2 Å². The van der Waals surface area contributed by atoms with Gasteiger partial charge in [0.25, 0.3) is 0 Å². The van der Waals surface area contributed by atoms with Crippen molar-refractivity contribution in [3.05, 3.63) is 29.2 Å². The molecule has 0 amide bonds. The van der Waals surface area contributed by atoms with Crippen molar-refractivity contribution in [1.29, 1.82) is 0 Å². The first-order valence-corrected chi connectivity index (χ1v) is 6.80. The second-order valence-electron chi connectivity index (χ2n) is 4.79. The Hall–Kier alpha value is -1.49. The van der Waals surface area contributed by atoms with Crippen LogP contribution in [0.15, 0.2) is 24.4 Å². The molecule has 1 saturated carbocycles. The number of H-pyrrole nitrogens is 1. The van der Waals surface area contributed by atoms with Crippen LogP contribution in [0, 0.1) is 10.7 Å². The SMILES string of the molecule is CCCC1CC1n1c(-c2ccccn2)n[nH]c1=S. The smallest absolute Gasteiger partial charge is 0.195 e. The van der Waals surface area contributed by atoms with Crippen LogP contribution in [0.2, 0.25) is 0 Å². The Balaban J connectivity index is 1.96. The van der Waals surface area contributed by atoms with Crippen molar-refractivity contribution < 1.29 is 0 Å². The van der Waals surface area contributed by atoms with Gasteiger partial charge in [-0.05, 0) is 43.1 Å². The summed E-state index contributed by atoms with van der Waals surface area (Å²) >= 11 is 5.34. The molecule has 1 aliphatic carbocycles. The molecule has 0 aliphatic heterocycles. The first-order chi connectivity index (χ1) is 8.81. The van der Waals surface area contributed by atoms with Crippen LogP contribution >= 0.6 is 12.2 Å². The molecule has 4 nitrogen and oxygen atoms in total. The second-order valence-corrected chi connectivity index (χ2v) is 5.18. The van der Waals surface area contributed by atoms with Crippen LogP contribution in [0.4, 0.5) is 0 Å². The molecule has 5 heteroatoms. The van der Waals surface area contributed by atoms with Gasteiger partial charge in [0.05, 0.1) is 0 Å². The molecule has 2 aromatic heterocycles. The van der Waals surface area contributed by atoms with Gasteiger partial charge in [0.15, 0.2) is 10.6 Å². The van der Waals surface area contributed by atoms with Crippen molar-refractivity contribution in [3.8, 4) is 11.5 Å². The van der Waals surface area contributed by atoms with E-state index in [-0.39, 0.29) is 0 Å². The summed E-state index contributed by atoms with van der Waals surface area (Å²) < 4.78 is 2.84. The normalized spacial score (nSPS) is 22.1. The fraction of sp³-hybridized carbons (Fsp3) is 0.462. The highest BCUT2D eigenvalue weighted by Crippen LogP contribution is 2.47. The maximum atomic E-state index is 5.34. The summed E-state index contributed by atoms with van der Waals surface area (Å²) in [4.78, 5) is 4.35. The lowest BCUT2D eigenvalue weighted by atomic mass is 10.2. The van der Waals surface area contributed by atoms with Crippen LogP contribution in [0.25, 0.3) is 11.5 Å². The summed E-state index contributed by atoms with van der Waals surface area (Å²) in [5.41, 5.74) is 0.881. The summed E-state index contributed by atoms with van der Waals surface area (Å²) in [6, 6.07) is 6.36. The largest absolute Gasteiger partial charge is 0.295 e. The maximum absolute atomic E-state index is 5.34. The lowest BCUT2D eigenvalue weighted by molar-refractivity contribution is 0.605. The van der Waals surface area contributed by atoms with E-state index < -0.39 is 0 Å². The zero-order valence-electron chi connectivity index (χ0n) is 10.3. The monoisotopic (exact) mass is 260 g/mol. The van der Waals surface area contributed by atoms with Crippen molar-refractivity contribution in [2.75, 3.05) is 0 Å². The van der Waals surface area contributed by atoms with Crippen molar-refractivity contribution in [1.82, 2.24) is 19.7 Å². The van der Waals surface area contributed by atoms with Crippen molar-refractivity contribution in [3.63, 3.8) is 0 Å². The highest BCUT2D eigenvalue weighted by atomic mass is 32.1. The van der Waals surface area contributed by atoms with E-state index in [4.69, 9.17) is 12.2 Å². The fourth-order valence-electron chi connectivity index (χ4n) is 2.52. The molecule has 0 saturated heterocycles. The summed E-state index contributed by atoms with van der Waals surface area (Å²) in [6.07, 6.45) is 5.49. The van der Waals surface area contributed by atoms with Gasteiger partial charge >= 0.3 is 0 Å². The minimum Gasteiger partial charge on any atom is -0.295 e. The molecule has 0 spiro atoms. The van der Waals surface area contributed by atoms with E-state index in [0.717, 1.165) is 17.4 Å². The summed E-state index contributed by atoms with van der Waals surface area (Å²) in [5.74, 6) is 1.62. The van der Waals surface area contributed by atoms with E-state index in [0.29, 0.717) is 10.8 Å². The molecule has 2 unspecified atom stereocenters. The molecule has 18 heavy (non-hydrogen) atoms. The zero-order valence-corrected chi connectivity index (χ0v) is 11.2. The molecular formula is C13H16N4S. The number of aromatic amines is 1. The highest BCUT2D eigenvalue weighted by Gasteiger charge is 2.39. The average molecular weight is 260 g/mol. The molecule has 3 rings (SSSR count). The first kappa shape index (κ1) is 11.6. The number of hydrogen-bond acceptors (Lipinski definition) is 3. The Morgan fingerprint density at radius 3 is 3.11 bits per heavy atom. The summed E-state index contributed by atoms with van der Waals surface area (Å²) in [6.45, 7) is 2.23. The quantitative estimate of drug-likeness (QED) is 0.857. The topological polar surface area (TPSA) is 46.5 Å². The van der Waals surface area contributed by atoms with E-state index in [9.17, 15) is 0 Å². The van der Waals surface area contributed by atoms with Crippen LogP contribution in [0.3, 0.4) is 0 Å². The molecule has 0 bridgehead atoms. The van der Waals surface area contributed by atoms with Crippen LogP contribution in [-0.2, 0) is 0 Å². The Kier molecular flexibility index (Phi) is 2.99. The van der Waals surface area contributed by atoms with Gasteiger partial charge in [0.1, 0.15) is 5.69 Å². The van der Waals surface area contributed by atoms with E-state index >= 15 is 0 Å². The number of nitrogens with one attached hydrogen (secondary N) is 1. The molecule has 1 aliphatic rings. The molecule has 0 aromatic carbocycles. The zero-order chi connectivity index (χ0) is 12.5. The molecule has 1 N–H and O–H groups in total. The third-order valence-corrected chi connectivity index (χ3v) is 3.76. The average Bonchev–Trinajstić information content (AvgIpc) is 3.04. The van der Waals surface area contributed by atoms with Gasteiger partial charge in [-0.25, -0.2) is 0 Å². The second kappa shape index (κ2) is 4.65. The van der Waals surface area contributed by atoms with Gasteiger partial charge < -0.3 is 0 Å². The van der Waals surface area contributed by atoms with Crippen molar-refractivity contribution in [2.45, 2.75) is 32.2 Å². The fourth-order valence-corrected chi connectivity index (χ4v) is 2.78. The standard InChI is InChI=1S/C13H16N4S/c1-2-5-9-8-11(9)17-12(15-16-13(17)18)10-6-3-4-7-14-10/h3-4,6-7,9,11H,2,5,8H2,1H3,(H,16,18). The first-order valence-electron chi connectivity index (χ1n) is 6.39. The minimum atomic E-state index is 0.508. The number of nitrogens with zero attached hydrogens (tertiary/aromatic N) is 3. The molecule has 1 fully saturated rings. The minimum absolute atomic E-state index is 0.508. The number of aromatic nitrogens is 4. The molecule has 2 atom stereocenters. The van der Waals surface area contributed by atoms with Gasteiger partial charge in [-0.2, -0.15) is 5.10 Å². The molecular weight excluding hydrogens is 244 g/mol. The Morgan fingerprint density at radius 1 is 1.50 bits per heavy atom. The van der Waals surface area contributed by atoms with E-state index in [1.54, 1.807) is 6.20 Å². The van der Waals surface area contributed by atoms with E-state index in [2.05, 4.69) is 26.7 Å². The number of rotatable bonds is 4. The van der Waals surface area contributed by atoms with Crippen LogP contribution < -0.4 is 0 Å². The van der Waals surface area contributed by atoms with Crippen molar-refractivity contribution >= 4 is 12.2 Å². The Labute approximate surface area is 111 Å². The summed E-state index contributed by atoms with van der Waals surface area (Å²) in [7, 11) is 0. The lowest BCUT2D eigenvalue weighted by Crippen LogP contribution is -2.01. The molecule has 2 aromatic rings. The molecule has 2 heterocycles. The lowest BCUT2D eigenvalue weighted by Gasteiger charge is -2.05. The van der Waals surface area contributed by atoms with Crippen LogP contribution in [0.5, 0.6) is 0 Å². The highest BCUT2D eigenvalue weighted by molar-refractivity contribution is 7.71. The number of pyridine rings is 1. The maximum Gasteiger partial charge on any atom is 0.195 e. The van der Waals surface area contributed by atoms with Gasteiger partial charge in [0, 0.05) is 12.2 Å². The molecule has 0 radical (unpaired) electrons. The van der Waals surface area contributed by atoms with Gasteiger partial charge in [0.2, 0.25) is 0 Å². The van der Waals surface area contributed by atoms with E-state index in [1.165, 1.54) is 19.3 Å². The third-order valence-electron chi connectivity index (χ3n) is 3.47. The van der Waals surface area contributed by atoms with Crippen LogP contribution in [-0.4, -0.2) is 19.7 Å². The summed E-state index contributed by atoms with van der Waals surface area (Å²) in [5, 5.41) is 7.22. The van der Waals surface area contributed by atoms with Gasteiger partial charge in [-0.1, -0.05) is 19.4 Å². The predicted molar refractivity (Wildman–Crippen MR) is 72.7 cm³/mol. The van der Waals surface area contributed by atoms with Gasteiger partial charge in [-0.3, -0.25) is 14.6 Å². The third kappa shape index (κ3) is 1.99. The molecule has 94 valence electrons.